The summed E-state index contributed by atoms with van der Waals surface area (Å²) >= 11 is 0. The maximum Gasteiger partial charge on any atom is 0.232 e. The van der Waals surface area contributed by atoms with Gasteiger partial charge in [0.1, 0.15) is 11.5 Å². The summed E-state index contributed by atoms with van der Waals surface area (Å²) < 4.78 is 6.04. The fourth-order valence-electron chi connectivity index (χ4n) is 5.24. The molecule has 2 heterocycles. The van der Waals surface area contributed by atoms with E-state index in [1.54, 1.807) is 0 Å². The zero-order valence-electron chi connectivity index (χ0n) is 16.7. The number of nitrogens with zero attached hydrogens (tertiary/aromatic N) is 1. The number of para-hydroxylation sites is 2. The van der Waals surface area contributed by atoms with E-state index in [1.165, 1.54) is 5.56 Å². The lowest BCUT2D eigenvalue weighted by Crippen LogP contribution is -2.38. The molecule has 2 atom stereocenters. The normalized spacial score (nSPS) is 24.3. The van der Waals surface area contributed by atoms with Crippen molar-refractivity contribution in [3.8, 4) is 11.5 Å². The van der Waals surface area contributed by atoms with Crippen LogP contribution in [0.15, 0.2) is 78.9 Å². The molecule has 1 amide bonds. The summed E-state index contributed by atoms with van der Waals surface area (Å²) in [6, 6.07) is 26.7. The molecule has 0 bridgehead atoms. The van der Waals surface area contributed by atoms with Crippen LogP contribution in [0.1, 0.15) is 22.6 Å². The summed E-state index contributed by atoms with van der Waals surface area (Å²) in [5.41, 5.74) is 3.25. The molecule has 2 unspecified atom stereocenters. The second-order valence-electron chi connectivity index (χ2n) is 8.65. The summed E-state index contributed by atoms with van der Waals surface area (Å²) in [6.45, 7) is 3.12. The topological polar surface area (TPSA) is 41.6 Å². The third-order valence-corrected chi connectivity index (χ3v) is 6.77. The number of rotatable bonds is 4. The lowest BCUT2D eigenvalue weighted by atomic mass is 9.87. The van der Waals surface area contributed by atoms with Gasteiger partial charge >= 0.3 is 0 Å². The minimum atomic E-state index is -0.312. The van der Waals surface area contributed by atoms with Gasteiger partial charge in [-0.05, 0) is 29.5 Å². The number of hydrogen-bond donors (Lipinski definition) is 1. The molecule has 1 N–H and O–H groups in total. The predicted octanol–water partition coefficient (Wildman–Crippen LogP) is 4.17. The van der Waals surface area contributed by atoms with Gasteiger partial charge in [-0.2, -0.15) is 0 Å². The molecule has 6 rings (SSSR count). The standard InChI is InChI=1S/C26H24N2O2/c29-26(24-18-10-4-6-12-22(18)30-23-13-7-5-11-19(23)24)27-25-20-15-28(16-21(20)25)14-17-8-2-1-3-9-17/h1-13,20-21,24-25H,14-16H2,(H,27,29). The molecule has 4 heteroatoms. The van der Waals surface area contributed by atoms with Gasteiger partial charge in [-0.25, -0.2) is 0 Å². The Labute approximate surface area is 176 Å². The molecule has 1 saturated carbocycles. The van der Waals surface area contributed by atoms with Crippen molar-refractivity contribution in [2.45, 2.75) is 18.5 Å². The number of hydrogen-bond acceptors (Lipinski definition) is 3. The van der Waals surface area contributed by atoms with E-state index in [2.05, 4.69) is 40.5 Å². The number of likely N-dealkylation sites (tertiary alicyclic amines) is 1. The van der Waals surface area contributed by atoms with Gasteiger partial charge in [-0.1, -0.05) is 66.7 Å². The van der Waals surface area contributed by atoms with Crippen LogP contribution in [0.25, 0.3) is 0 Å². The highest BCUT2D eigenvalue weighted by Crippen LogP contribution is 2.48. The monoisotopic (exact) mass is 396 g/mol. The van der Waals surface area contributed by atoms with Crippen LogP contribution in [0.4, 0.5) is 0 Å². The smallest absolute Gasteiger partial charge is 0.232 e. The highest BCUT2D eigenvalue weighted by atomic mass is 16.5. The number of piperidine rings is 1. The quantitative estimate of drug-likeness (QED) is 0.720. The molecule has 1 aliphatic carbocycles. The molecule has 1 saturated heterocycles. The van der Waals surface area contributed by atoms with Gasteiger partial charge in [0.15, 0.2) is 0 Å². The van der Waals surface area contributed by atoms with Crippen LogP contribution in [0, 0.1) is 11.8 Å². The van der Waals surface area contributed by atoms with E-state index in [0.717, 1.165) is 42.3 Å². The Bertz CT molecular complexity index is 1040. The van der Waals surface area contributed by atoms with Crippen LogP contribution in [0.3, 0.4) is 0 Å². The summed E-state index contributed by atoms with van der Waals surface area (Å²) in [6.07, 6.45) is 0. The molecule has 2 aliphatic heterocycles. The van der Waals surface area contributed by atoms with E-state index >= 15 is 0 Å². The fraction of sp³-hybridized carbons (Fsp3) is 0.269. The molecule has 4 nitrogen and oxygen atoms in total. The van der Waals surface area contributed by atoms with Gasteiger partial charge in [0.25, 0.3) is 0 Å². The number of nitrogens with one attached hydrogen (secondary N) is 1. The van der Waals surface area contributed by atoms with E-state index in [9.17, 15) is 4.79 Å². The summed E-state index contributed by atoms with van der Waals surface area (Å²) in [4.78, 5) is 15.9. The number of carbonyl (C=O) groups is 1. The van der Waals surface area contributed by atoms with Crippen molar-refractivity contribution in [2.75, 3.05) is 13.1 Å². The minimum absolute atomic E-state index is 0.0900. The molecule has 2 fully saturated rings. The first kappa shape index (κ1) is 17.7. The molecule has 150 valence electrons. The number of amides is 1. The van der Waals surface area contributed by atoms with E-state index in [4.69, 9.17) is 4.74 Å². The lowest BCUT2D eigenvalue weighted by Gasteiger charge is -2.28. The lowest BCUT2D eigenvalue weighted by molar-refractivity contribution is -0.122. The first-order valence-electron chi connectivity index (χ1n) is 10.7. The fourth-order valence-corrected chi connectivity index (χ4v) is 5.24. The first-order valence-corrected chi connectivity index (χ1v) is 10.7. The third-order valence-electron chi connectivity index (χ3n) is 6.77. The molecule has 3 aromatic carbocycles. The summed E-state index contributed by atoms with van der Waals surface area (Å²) in [7, 11) is 0. The molecular formula is C26H24N2O2. The maximum atomic E-state index is 13.4. The average molecular weight is 396 g/mol. The van der Waals surface area contributed by atoms with Gasteiger partial charge in [0.05, 0.1) is 5.92 Å². The van der Waals surface area contributed by atoms with Crippen LogP contribution in [-0.2, 0) is 11.3 Å². The number of benzene rings is 3. The predicted molar refractivity (Wildman–Crippen MR) is 115 cm³/mol. The summed E-state index contributed by atoms with van der Waals surface area (Å²) in [5.74, 6) is 2.48. The SMILES string of the molecule is O=C(NC1C2CN(Cc3ccccc3)CC21)C1c2ccccc2Oc2ccccc21. The van der Waals surface area contributed by atoms with Gasteiger partial charge < -0.3 is 10.1 Å². The van der Waals surface area contributed by atoms with Crippen molar-refractivity contribution >= 4 is 5.91 Å². The molecule has 30 heavy (non-hydrogen) atoms. The summed E-state index contributed by atoms with van der Waals surface area (Å²) in [5, 5.41) is 3.37. The van der Waals surface area contributed by atoms with Crippen LogP contribution < -0.4 is 10.1 Å². The highest BCUT2D eigenvalue weighted by Gasteiger charge is 2.56. The van der Waals surface area contributed by atoms with E-state index in [1.807, 2.05) is 48.5 Å². The van der Waals surface area contributed by atoms with E-state index in [-0.39, 0.29) is 11.8 Å². The average Bonchev–Trinajstić information content (AvgIpc) is 3.21. The van der Waals surface area contributed by atoms with Crippen molar-refractivity contribution in [1.29, 1.82) is 0 Å². The zero-order valence-corrected chi connectivity index (χ0v) is 16.7. The highest BCUT2D eigenvalue weighted by molar-refractivity contribution is 5.90. The zero-order chi connectivity index (χ0) is 20.1. The molecule has 0 spiro atoms. The Morgan fingerprint density at radius 2 is 1.40 bits per heavy atom. The van der Waals surface area contributed by atoms with Gasteiger partial charge in [0, 0.05) is 36.8 Å². The van der Waals surface area contributed by atoms with Crippen molar-refractivity contribution in [3.63, 3.8) is 0 Å². The Morgan fingerprint density at radius 3 is 2.03 bits per heavy atom. The van der Waals surface area contributed by atoms with Crippen LogP contribution in [-0.4, -0.2) is 29.9 Å². The molecule has 0 aromatic heterocycles. The van der Waals surface area contributed by atoms with Crippen molar-refractivity contribution in [3.05, 3.63) is 95.6 Å². The van der Waals surface area contributed by atoms with Crippen molar-refractivity contribution in [2.24, 2.45) is 11.8 Å². The van der Waals surface area contributed by atoms with Gasteiger partial charge in [-0.15, -0.1) is 0 Å². The molecular weight excluding hydrogens is 372 g/mol. The number of fused-ring (bicyclic) bond motifs is 3. The third kappa shape index (κ3) is 2.99. The van der Waals surface area contributed by atoms with E-state index < -0.39 is 0 Å². The number of ether oxygens (including phenoxy) is 1. The van der Waals surface area contributed by atoms with Gasteiger partial charge in [-0.3, -0.25) is 9.69 Å². The minimum Gasteiger partial charge on any atom is -0.457 e. The Morgan fingerprint density at radius 1 is 0.833 bits per heavy atom. The molecule has 3 aromatic rings. The van der Waals surface area contributed by atoms with Crippen molar-refractivity contribution < 1.29 is 9.53 Å². The van der Waals surface area contributed by atoms with Crippen LogP contribution in [0.2, 0.25) is 0 Å². The van der Waals surface area contributed by atoms with Gasteiger partial charge in [0.2, 0.25) is 5.91 Å². The van der Waals surface area contributed by atoms with Crippen molar-refractivity contribution in [1.82, 2.24) is 10.2 Å². The second kappa shape index (κ2) is 6.99. The Balaban J connectivity index is 1.16. The van der Waals surface area contributed by atoms with E-state index in [0.29, 0.717) is 17.9 Å². The Kier molecular flexibility index (Phi) is 4.13. The molecule has 0 radical (unpaired) electrons. The Hall–Kier alpha value is -3.11. The largest absolute Gasteiger partial charge is 0.457 e. The van der Waals surface area contributed by atoms with Crippen LogP contribution >= 0.6 is 0 Å². The maximum absolute atomic E-state index is 13.4. The second-order valence-corrected chi connectivity index (χ2v) is 8.65. The van der Waals surface area contributed by atoms with Crippen LogP contribution in [0.5, 0.6) is 11.5 Å². The first-order chi connectivity index (χ1) is 14.8. The number of carbonyl (C=O) groups excluding carboxylic acids is 1. The molecule has 3 aliphatic rings.